The van der Waals surface area contributed by atoms with Gasteiger partial charge >= 0.3 is 0 Å². The summed E-state index contributed by atoms with van der Waals surface area (Å²) in [6, 6.07) is 14.3. The molecular formula is C17H15BrFNO. The molecule has 0 aliphatic heterocycles. The molecule has 0 unspecified atom stereocenters. The Labute approximate surface area is 131 Å². The van der Waals surface area contributed by atoms with Crippen LogP contribution in [0.2, 0.25) is 0 Å². The van der Waals surface area contributed by atoms with Crippen LogP contribution in [0.1, 0.15) is 28.8 Å². The number of hydrogen-bond donors (Lipinski definition) is 1. The maximum absolute atomic E-state index is 13.3. The second-order valence-electron chi connectivity index (χ2n) is 5.45. The highest BCUT2D eigenvalue weighted by Crippen LogP contribution is 2.47. The molecule has 0 spiro atoms. The molecule has 1 amide bonds. The van der Waals surface area contributed by atoms with Crippen molar-refractivity contribution < 1.29 is 9.18 Å². The largest absolute Gasteiger partial charge is 0.351 e. The van der Waals surface area contributed by atoms with E-state index >= 15 is 0 Å². The summed E-state index contributed by atoms with van der Waals surface area (Å²) in [5, 5.41) is 2.93. The summed E-state index contributed by atoms with van der Waals surface area (Å²) >= 11 is 3.28. The first kappa shape index (κ1) is 14.3. The van der Waals surface area contributed by atoms with Crippen molar-refractivity contribution in [1.29, 1.82) is 0 Å². The Morgan fingerprint density at radius 3 is 2.57 bits per heavy atom. The predicted octanol–water partition coefficient (Wildman–Crippen LogP) is 4.05. The number of rotatable bonds is 4. The van der Waals surface area contributed by atoms with E-state index in [4.69, 9.17) is 0 Å². The average Bonchev–Trinajstić information content (AvgIpc) is 3.29. The molecule has 1 fully saturated rings. The zero-order valence-electron chi connectivity index (χ0n) is 11.4. The standard InChI is InChI=1S/C17H15BrFNO/c18-15-7-6-13(19)10-14(15)16(21)20-11-17(8-9-17)12-4-2-1-3-5-12/h1-7,10H,8-9,11H2,(H,20,21). The van der Waals surface area contributed by atoms with Crippen molar-refractivity contribution >= 4 is 21.8 Å². The molecule has 0 atom stereocenters. The van der Waals surface area contributed by atoms with Crippen LogP contribution in [0.15, 0.2) is 53.0 Å². The molecule has 1 aliphatic carbocycles. The summed E-state index contributed by atoms with van der Waals surface area (Å²) in [5.74, 6) is -0.656. The highest BCUT2D eigenvalue weighted by atomic mass is 79.9. The number of nitrogens with one attached hydrogen (secondary N) is 1. The van der Waals surface area contributed by atoms with Crippen LogP contribution in [0.25, 0.3) is 0 Å². The molecule has 108 valence electrons. The van der Waals surface area contributed by atoms with Crippen molar-refractivity contribution in [3.8, 4) is 0 Å². The van der Waals surface area contributed by atoms with Gasteiger partial charge in [-0.25, -0.2) is 4.39 Å². The second-order valence-corrected chi connectivity index (χ2v) is 6.31. The quantitative estimate of drug-likeness (QED) is 0.887. The van der Waals surface area contributed by atoms with Crippen LogP contribution in [-0.2, 0) is 5.41 Å². The molecule has 1 aliphatic rings. The van der Waals surface area contributed by atoms with E-state index in [0.29, 0.717) is 16.6 Å². The molecule has 0 saturated heterocycles. The van der Waals surface area contributed by atoms with E-state index in [1.165, 1.54) is 17.7 Å². The number of carbonyl (C=O) groups is 1. The Morgan fingerprint density at radius 1 is 1.19 bits per heavy atom. The van der Waals surface area contributed by atoms with Crippen LogP contribution in [-0.4, -0.2) is 12.5 Å². The van der Waals surface area contributed by atoms with E-state index in [1.54, 1.807) is 6.07 Å². The molecule has 2 aromatic carbocycles. The molecule has 0 heterocycles. The summed E-state index contributed by atoms with van der Waals surface area (Å²) in [4.78, 5) is 12.2. The highest BCUT2D eigenvalue weighted by Gasteiger charge is 2.44. The minimum Gasteiger partial charge on any atom is -0.351 e. The summed E-state index contributed by atoms with van der Waals surface area (Å²) in [7, 11) is 0. The number of hydrogen-bond acceptors (Lipinski definition) is 1. The normalized spacial score (nSPS) is 15.5. The van der Waals surface area contributed by atoms with Gasteiger partial charge < -0.3 is 5.32 Å². The van der Waals surface area contributed by atoms with Crippen LogP contribution in [0.4, 0.5) is 4.39 Å². The maximum atomic E-state index is 13.3. The van der Waals surface area contributed by atoms with Crippen molar-refractivity contribution in [1.82, 2.24) is 5.32 Å². The van der Waals surface area contributed by atoms with Crippen molar-refractivity contribution in [3.05, 3.63) is 69.9 Å². The molecule has 21 heavy (non-hydrogen) atoms. The molecular weight excluding hydrogens is 333 g/mol. The number of halogens is 2. The van der Waals surface area contributed by atoms with Crippen LogP contribution >= 0.6 is 15.9 Å². The van der Waals surface area contributed by atoms with Crippen LogP contribution < -0.4 is 5.32 Å². The lowest BCUT2D eigenvalue weighted by molar-refractivity contribution is 0.0948. The van der Waals surface area contributed by atoms with Gasteiger partial charge in [-0.3, -0.25) is 4.79 Å². The van der Waals surface area contributed by atoms with Crippen LogP contribution in [0, 0.1) is 5.82 Å². The highest BCUT2D eigenvalue weighted by molar-refractivity contribution is 9.10. The predicted molar refractivity (Wildman–Crippen MR) is 83.8 cm³/mol. The Bertz CT molecular complexity index is 668. The Hall–Kier alpha value is -1.68. The SMILES string of the molecule is O=C(NCC1(c2ccccc2)CC1)c1cc(F)ccc1Br. The van der Waals surface area contributed by atoms with Crippen molar-refractivity contribution in [2.45, 2.75) is 18.3 Å². The topological polar surface area (TPSA) is 29.1 Å². The summed E-state index contributed by atoms with van der Waals surface area (Å²) < 4.78 is 13.9. The first-order valence-corrected chi connectivity index (χ1v) is 7.69. The maximum Gasteiger partial charge on any atom is 0.252 e. The molecule has 2 aromatic rings. The summed E-state index contributed by atoms with van der Waals surface area (Å²) in [6.45, 7) is 0.582. The van der Waals surface area contributed by atoms with Gasteiger partial charge in [-0.1, -0.05) is 30.3 Å². The minimum absolute atomic E-state index is 0.0523. The van der Waals surface area contributed by atoms with Gasteiger partial charge in [-0.05, 0) is 52.5 Å². The molecule has 0 radical (unpaired) electrons. The fraction of sp³-hybridized carbons (Fsp3) is 0.235. The first-order chi connectivity index (χ1) is 10.1. The van der Waals surface area contributed by atoms with Gasteiger partial charge in [0, 0.05) is 16.4 Å². The fourth-order valence-corrected chi connectivity index (χ4v) is 2.95. The van der Waals surface area contributed by atoms with Gasteiger partial charge in [-0.15, -0.1) is 0 Å². The second kappa shape index (κ2) is 5.60. The molecule has 0 aromatic heterocycles. The summed E-state index contributed by atoms with van der Waals surface area (Å²) in [5.41, 5.74) is 1.64. The number of amides is 1. The lowest BCUT2D eigenvalue weighted by Gasteiger charge is -2.17. The third-order valence-corrected chi connectivity index (χ3v) is 4.69. The Morgan fingerprint density at radius 2 is 1.90 bits per heavy atom. The zero-order valence-corrected chi connectivity index (χ0v) is 13.0. The van der Waals surface area contributed by atoms with Gasteiger partial charge in [0.05, 0.1) is 5.56 Å². The van der Waals surface area contributed by atoms with E-state index < -0.39 is 5.82 Å². The monoisotopic (exact) mass is 347 g/mol. The zero-order chi connectivity index (χ0) is 14.9. The van der Waals surface area contributed by atoms with E-state index in [2.05, 4.69) is 33.4 Å². The smallest absolute Gasteiger partial charge is 0.252 e. The summed E-state index contributed by atoms with van der Waals surface area (Å²) in [6.07, 6.45) is 2.14. The van der Waals surface area contributed by atoms with Gasteiger partial charge in [0.15, 0.2) is 0 Å². The van der Waals surface area contributed by atoms with Gasteiger partial charge in [0.2, 0.25) is 0 Å². The molecule has 1 N–H and O–H groups in total. The van der Waals surface area contributed by atoms with Crippen molar-refractivity contribution in [3.63, 3.8) is 0 Å². The third kappa shape index (κ3) is 3.00. The first-order valence-electron chi connectivity index (χ1n) is 6.90. The van der Waals surface area contributed by atoms with Crippen LogP contribution in [0.3, 0.4) is 0 Å². The molecule has 0 bridgehead atoms. The van der Waals surface area contributed by atoms with Crippen molar-refractivity contribution in [2.24, 2.45) is 0 Å². The lowest BCUT2D eigenvalue weighted by Crippen LogP contribution is -2.32. The lowest BCUT2D eigenvalue weighted by atomic mass is 9.96. The number of carbonyl (C=O) groups excluding carboxylic acids is 1. The average molecular weight is 348 g/mol. The van der Waals surface area contributed by atoms with Gasteiger partial charge in [0.25, 0.3) is 5.91 Å². The molecule has 2 nitrogen and oxygen atoms in total. The van der Waals surface area contributed by atoms with E-state index in [9.17, 15) is 9.18 Å². The van der Waals surface area contributed by atoms with E-state index in [1.807, 2.05) is 18.2 Å². The fourth-order valence-electron chi connectivity index (χ4n) is 2.53. The van der Waals surface area contributed by atoms with Crippen LogP contribution in [0.5, 0.6) is 0 Å². The van der Waals surface area contributed by atoms with E-state index in [0.717, 1.165) is 12.8 Å². The molecule has 1 saturated carbocycles. The third-order valence-electron chi connectivity index (χ3n) is 4.00. The molecule has 4 heteroatoms. The van der Waals surface area contributed by atoms with E-state index in [-0.39, 0.29) is 11.3 Å². The number of benzene rings is 2. The minimum atomic E-state index is -0.410. The Kier molecular flexibility index (Phi) is 3.81. The van der Waals surface area contributed by atoms with Crippen molar-refractivity contribution in [2.75, 3.05) is 6.54 Å². The Balaban J connectivity index is 1.71. The molecule has 3 rings (SSSR count). The van der Waals surface area contributed by atoms with Gasteiger partial charge in [-0.2, -0.15) is 0 Å². The van der Waals surface area contributed by atoms with Gasteiger partial charge in [0.1, 0.15) is 5.82 Å².